The van der Waals surface area contributed by atoms with Crippen LogP contribution < -0.4 is 5.32 Å². The van der Waals surface area contributed by atoms with E-state index in [0.29, 0.717) is 5.92 Å². The summed E-state index contributed by atoms with van der Waals surface area (Å²) in [5.74, 6) is 3.09. The molecule has 2 heterocycles. The third kappa shape index (κ3) is 5.04. The molecule has 19 heavy (non-hydrogen) atoms. The van der Waals surface area contributed by atoms with Gasteiger partial charge in [-0.05, 0) is 12.5 Å². The Morgan fingerprint density at radius 3 is 2.89 bits per heavy atom. The predicted molar refractivity (Wildman–Crippen MR) is 76.2 cm³/mol. The molecule has 1 saturated heterocycles. The minimum Gasteiger partial charge on any atom is -0.360 e. The fraction of sp³-hybridized carbons (Fsp3) is 0.769. The lowest BCUT2D eigenvalue weighted by Gasteiger charge is -2.24. The Morgan fingerprint density at radius 2 is 2.21 bits per heavy atom. The number of rotatable bonds is 6. The molecule has 1 N–H and O–H groups in total. The molecular formula is C13H23N3O2S. The van der Waals surface area contributed by atoms with Crippen LogP contribution in [0.15, 0.2) is 10.6 Å². The van der Waals surface area contributed by atoms with Crippen molar-refractivity contribution in [2.75, 3.05) is 31.1 Å². The van der Waals surface area contributed by atoms with Gasteiger partial charge in [-0.25, -0.2) is 0 Å². The summed E-state index contributed by atoms with van der Waals surface area (Å²) in [6.45, 7) is 8.64. The molecule has 0 saturated carbocycles. The van der Waals surface area contributed by atoms with Crippen molar-refractivity contribution in [1.29, 1.82) is 0 Å². The Morgan fingerprint density at radius 1 is 1.47 bits per heavy atom. The fourth-order valence-electron chi connectivity index (χ4n) is 2.06. The van der Waals surface area contributed by atoms with Crippen LogP contribution >= 0.6 is 0 Å². The van der Waals surface area contributed by atoms with E-state index in [1.54, 1.807) is 0 Å². The molecule has 2 rings (SSSR count). The Bertz CT molecular complexity index is 410. The predicted octanol–water partition coefficient (Wildman–Crippen LogP) is 0.984. The van der Waals surface area contributed by atoms with Gasteiger partial charge < -0.3 is 9.84 Å². The van der Waals surface area contributed by atoms with E-state index in [1.807, 2.05) is 6.07 Å². The summed E-state index contributed by atoms with van der Waals surface area (Å²) >= 11 is 0. The Balaban J connectivity index is 1.75. The lowest BCUT2D eigenvalue weighted by molar-refractivity contribution is 0.248. The molecule has 1 aliphatic heterocycles. The highest BCUT2D eigenvalue weighted by Crippen LogP contribution is 2.10. The standard InChI is InChI=1S/C13H23N3O2S/c1-11(2)8-14-9-12-7-13(18-15-12)10-16-3-5-19(17)6-4-16/h7,11,14H,3-6,8-10H2,1-2H3. The average Bonchev–Trinajstić information content (AvgIpc) is 2.79. The van der Waals surface area contributed by atoms with Gasteiger partial charge in [0.1, 0.15) is 0 Å². The van der Waals surface area contributed by atoms with Gasteiger partial charge in [-0.15, -0.1) is 0 Å². The second-order valence-corrected chi connectivity index (χ2v) is 7.13. The van der Waals surface area contributed by atoms with Gasteiger partial charge in [-0.1, -0.05) is 19.0 Å². The molecule has 0 spiro atoms. The van der Waals surface area contributed by atoms with Crippen LogP contribution in [0.3, 0.4) is 0 Å². The first kappa shape index (κ1) is 14.7. The molecule has 5 nitrogen and oxygen atoms in total. The van der Waals surface area contributed by atoms with E-state index in [-0.39, 0.29) is 0 Å². The van der Waals surface area contributed by atoms with Crippen LogP contribution in [0.4, 0.5) is 0 Å². The molecule has 1 fully saturated rings. The molecule has 1 aliphatic rings. The van der Waals surface area contributed by atoms with E-state index in [1.165, 1.54) is 0 Å². The number of hydrogen-bond acceptors (Lipinski definition) is 5. The maximum Gasteiger partial charge on any atom is 0.151 e. The average molecular weight is 285 g/mol. The van der Waals surface area contributed by atoms with Crippen molar-refractivity contribution in [2.45, 2.75) is 26.9 Å². The zero-order valence-electron chi connectivity index (χ0n) is 11.7. The summed E-state index contributed by atoms with van der Waals surface area (Å²) in [5.41, 5.74) is 0.955. The maximum absolute atomic E-state index is 11.3. The summed E-state index contributed by atoms with van der Waals surface area (Å²) in [4.78, 5) is 2.27. The topological polar surface area (TPSA) is 58.4 Å². The molecule has 0 unspecified atom stereocenters. The molecule has 0 atom stereocenters. The van der Waals surface area contributed by atoms with Gasteiger partial charge in [0.15, 0.2) is 5.76 Å². The van der Waals surface area contributed by atoms with E-state index >= 15 is 0 Å². The van der Waals surface area contributed by atoms with E-state index in [9.17, 15) is 4.21 Å². The van der Waals surface area contributed by atoms with Gasteiger partial charge in [0.2, 0.25) is 0 Å². The van der Waals surface area contributed by atoms with Crippen molar-refractivity contribution in [1.82, 2.24) is 15.4 Å². The second kappa shape index (κ2) is 7.17. The molecule has 0 radical (unpaired) electrons. The zero-order valence-corrected chi connectivity index (χ0v) is 12.5. The van der Waals surface area contributed by atoms with Crippen LogP contribution in [0.1, 0.15) is 25.3 Å². The summed E-state index contributed by atoms with van der Waals surface area (Å²) < 4.78 is 16.6. The first-order valence-electron chi connectivity index (χ1n) is 6.86. The molecule has 1 aromatic heterocycles. The first-order chi connectivity index (χ1) is 9.13. The number of aromatic nitrogens is 1. The second-order valence-electron chi connectivity index (χ2n) is 5.43. The summed E-state index contributed by atoms with van der Waals surface area (Å²) in [5, 5.41) is 7.42. The summed E-state index contributed by atoms with van der Waals surface area (Å²) in [6.07, 6.45) is 0. The minimum atomic E-state index is -0.620. The Labute approximate surface area is 117 Å². The van der Waals surface area contributed by atoms with Crippen LogP contribution in [0.25, 0.3) is 0 Å². The highest BCUT2D eigenvalue weighted by Gasteiger charge is 2.17. The first-order valence-corrected chi connectivity index (χ1v) is 8.35. The van der Waals surface area contributed by atoms with Gasteiger partial charge in [-0.3, -0.25) is 9.11 Å². The van der Waals surface area contributed by atoms with Gasteiger partial charge in [0.25, 0.3) is 0 Å². The third-order valence-electron chi connectivity index (χ3n) is 3.12. The summed E-state index contributed by atoms with van der Waals surface area (Å²) in [7, 11) is -0.620. The lowest BCUT2D eigenvalue weighted by Crippen LogP contribution is -2.37. The van der Waals surface area contributed by atoms with Gasteiger partial charge >= 0.3 is 0 Å². The number of hydrogen-bond donors (Lipinski definition) is 1. The monoisotopic (exact) mass is 285 g/mol. The highest BCUT2D eigenvalue weighted by atomic mass is 32.2. The van der Waals surface area contributed by atoms with Crippen molar-refractivity contribution in [3.63, 3.8) is 0 Å². The summed E-state index contributed by atoms with van der Waals surface area (Å²) in [6, 6.07) is 2.01. The molecule has 6 heteroatoms. The van der Waals surface area contributed by atoms with Crippen molar-refractivity contribution in [3.8, 4) is 0 Å². The molecule has 108 valence electrons. The van der Waals surface area contributed by atoms with E-state index < -0.39 is 10.8 Å². The smallest absolute Gasteiger partial charge is 0.151 e. The van der Waals surface area contributed by atoms with E-state index in [0.717, 1.165) is 55.7 Å². The third-order valence-corrected chi connectivity index (χ3v) is 4.39. The minimum absolute atomic E-state index is 0.620. The van der Waals surface area contributed by atoms with Crippen LogP contribution in [0, 0.1) is 5.92 Å². The van der Waals surface area contributed by atoms with Crippen molar-refractivity contribution >= 4 is 10.8 Å². The lowest BCUT2D eigenvalue weighted by atomic mass is 10.2. The highest BCUT2D eigenvalue weighted by molar-refractivity contribution is 7.85. The molecule has 1 aromatic rings. The van der Waals surface area contributed by atoms with Gasteiger partial charge in [0.05, 0.1) is 12.2 Å². The molecular weight excluding hydrogens is 262 g/mol. The van der Waals surface area contributed by atoms with Crippen LogP contribution in [-0.2, 0) is 23.9 Å². The van der Waals surface area contributed by atoms with E-state index in [2.05, 4.69) is 29.2 Å². The molecule has 0 aliphatic carbocycles. The van der Waals surface area contributed by atoms with Gasteiger partial charge in [0, 0.05) is 48.0 Å². The van der Waals surface area contributed by atoms with Crippen LogP contribution in [0.5, 0.6) is 0 Å². The normalized spacial score (nSPS) is 18.3. The van der Waals surface area contributed by atoms with E-state index in [4.69, 9.17) is 4.52 Å². The van der Waals surface area contributed by atoms with Crippen LogP contribution in [0.2, 0.25) is 0 Å². The Kier molecular flexibility index (Phi) is 5.54. The molecule has 0 bridgehead atoms. The number of nitrogens with zero attached hydrogens (tertiary/aromatic N) is 2. The Hall–Kier alpha value is -0.720. The van der Waals surface area contributed by atoms with Crippen molar-refractivity contribution < 1.29 is 8.73 Å². The largest absolute Gasteiger partial charge is 0.360 e. The zero-order chi connectivity index (χ0) is 13.7. The quantitative estimate of drug-likeness (QED) is 0.844. The maximum atomic E-state index is 11.3. The molecule has 0 amide bonds. The molecule has 0 aromatic carbocycles. The van der Waals surface area contributed by atoms with Crippen molar-refractivity contribution in [2.24, 2.45) is 5.92 Å². The van der Waals surface area contributed by atoms with Gasteiger partial charge in [-0.2, -0.15) is 0 Å². The SMILES string of the molecule is CC(C)CNCc1cc(CN2CCS(=O)CC2)on1. The van der Waals surface area contributed by atoms with Crippen molar-refractivity contribution in [3.05, 3.63) is 17.5 Å². The fourth-order valence-corrected chi connectivity index (χ4v) is 3.18. The van der Waals surface area contributed by atoms with Crippen LogP contribution in [-0.4, -0.2) is 45.4 Å². The number of nitrogens with one attached hydrogen (secondary N) is 1.